The largest absolute Gasteiger partial charge is 0.507 e. The van der Waals surface area contributed by atoms with E-state index >= 15 is 0 Å². The Morgan fingerprint density at radius 3 is 2.55 bits per heavy atom. The smallest absolute Gasteiger partial charge is 0.139 e. The average Bonchev–Trinajstić information content (AvgIpc) is 3.51. The lowest BCUT2D eigenvalue weighted by Gasteiger charge is -2.15. The SMILES string of the molecule is Oc1ccc2ccccc2c1-c1cccc2nc(-c3ccoc3)c(NCc3ccccc3)n12. The predicted molar refractivity (Wildman–Crippen MR) is 131 cm³/mol. The summed E-state index contributed by atoms with van der Waals surface area (Å²) in [7, 11) is 0. The molecular weight excluding hydrogens is 410 g/mol. The Morgan fingerprint density at radius 2 is 1.70 bits per heavy atom. The third-order valence-corrected chi connectivity index (χ3v) is 5.90. The van der Waals surface area contributed by atoms with Crippen molar-refractivity contribution in [1.29, 1.82) is 0 Å². The average molecular weight is 431 g/mol. The van der Waals surface area contributed by atoms with Crippen LogP contribution in [0.4, 0.5) is 5.82 Å². The van der Waals surface area contributed by atoms with Crippen molar-refractivity contribution in [1.82, 2.24) is 9.38 Å². The van der Waals surface area contributed by atoms with Crippen LogP contribution in [0.15, 0.2) is 108 Å². The lowest BCUT2D eigenvalue weighted by molar-refractivity contribution is 0.478. The highest BCUT2D eigenvalue weighted by molar-refractivity contribution is 5.99. The van der Waals surface area contributed by atoms with Gasteiger partial charge in [0.05, 0.1) is 18.2 Å². The molecule has 0 aliphatic heterocycles. The van der Waals surface area contributed by atoms with Crippen LogP contribution in [0, 0.1) is 0 Å². The maximum absolute atomic E-state index is 10.9. The summed E-state index contributed by atoms with van der Waals surface area (Å²) >= 11 is 0. The number of benzene rings is 3. The lowest BCUT2D eigenvalue weighted by atomic mass is 10.0. The van der Waals surface area contributed by atoms with E-state index in [1.54, 1.807) is 18.6 Å². The van der Waals surface area contributed by atoms with Gasteiger partial charge in [-0.1, -0.05) is 66.7 Å². The molecule has 0 bridgehead atoms. The van der Waals surface area contributed by atoms with Crippen LogP contribution < -0.4 is 5.32 Å². The molecular formula is C28H21N3O2. The second kappa shape index (κ2) is 7.88. The molecule has 0 spiro atoms. The first-order valence-corrected chi connectivity index (χ1v) is 10.8. The molecule has 5 nitrogen and oxygen atoms in total. The van der Waals surface area contributed by atoms with Gasteiger partial charge in [0.1, 0.15) is 22.9 Å². The van der Waals surface area contributed by atoms with E-state index in [4.69, 9.17) is 9.40 Å². The van der Waals surface area contributed by atoms with Crippen LogP contribution in [0.25, 0.3) is 38.9 Å². The van der Waals surface area contributed by atoms with Crippen molar-refractivity contribution in [2.75, 3.05) is 5.32 Å². The molecule has 0 saturated carbocycles. The number of hydrogen-bond donors (Lipinski definition) is 2. The Bertz CT molecular complexity index is 1570. The Labute approximate surface area is 190 Å². The monoisotopic (exact) mass is 431 g/mol. The van der Waals surface area contributed by atoms with Gasteiger partial charge >= 0.3 is 0 Å². The molecule has 3 aromatic heterocycles. The number of nitrogens with zero attached hydrogens (tertiary/aromatic N) is 2. The topological polar surface area (TPSA) is 62.7 Å². The van der Waals surface area contributed by atoms with E-state index in [1.165, 1.54) is 0 Å². The summed E-state index contributed by atoms with van der Waals surface area (Å²) in [5.41, 5.74) is 5.27. The van der Waals surface area contributed by atoms with Gasteiger partial charge in [-0.3, -0.25) is 4.40 Å². The molecule has 0 aliphatic rings. The summed E-state index contributed by atoms with van der Waals surface area (Å²) < 4.78 is 7.43. The molecule has 0 amide bonds. The van der Waals surface area contributed by atoms with Crippen molar-refractivity contribution in [2.45, 2.75) is 6.54 Å². The van der Waals surface area contributed by atoms with Crippen molar-refractivity contribution in [3.63, 3.8) is 0 Å². The predicted octanol–water partition coefficient (Wildman–Crippen LogP) is 6.73. The minimum absolute atomic E-state index is 0.230. The maximum Gasteiger partial charge on any atom is 0.139 e. The van der Waals surface area contributed by atoms with E-state index in [-0.39, 0.29) is 5.75 Å². The van der Waals surface area contributed by atoms with Gasteiger partial charge in [-0.25, -0.2) is 4.98 Å². The fraction of sp³-hybridized carbons (Fsp3) is 0.0357. The number of furan rings is 1. The van der Waals surface area contributed by atoms with E-state index in [9.17, 15) is 5.11 Å². The summed E-state index contributed by atoms with van der Waals surface area (Å²) in [6, 6.07) is 29.9. The first-order chi connectivity index (χ1) is 16.3. The van der Waals surface area contributed by atoms with Crippen LogP contribution in [0.2, 0.25) is 0 Å². The third kappa shape index (κ3) is 3.31. The van der Waals surface area contributed by atoms with E-state index in [0.29, 0.717) is 6.54 Å². The van der Waals surface area contributed by atoms with E-state index in [2.05, 4.69) is 27.9 Å². The van der Waals surface area contributed by atoms with Gasteiger partial charge in [0.15, 0.2) is 0 Å². The van der Waals surface area contributed by atoms with Crippen LogP contribution in [-0.2, 0) is 6.54 Å². The standard InChI is InChI=1S/C28H21N3O2/c32-24-14-13-20-9-4-5-10-22(20)26(24)23-11-6-12-25-30-27(21-15-16-33-18-21)28(31(23)25)29-17-19-7-2-1-3-8-19/h1-16,18,29,32H,17H2. The normalized spacial score (nSPS) is 11.3. The highest BCUT2D eigenvalue weighted by Gasteiger charge is 2.20. The lowest BCUT2D eigenvalue weighted by Crippen LogP contribution is -2.05. The highest BCUT2D eigenvalue weighted by Crippen LogP contribution is 2.39. The molecule has 0 aliphatic carbocycles. The summed E-state index contributed by atoms with van der Waals surface area (Å²) in [6.07, 6.45) is 3.35. The number of fused-ring (bicyclic) bond motifs is 2. The second-order valence-corrected chi connectivity index (χ2v) is 7.95. The number of anilines is 1. The van der Waals surface area contributed by atoms with Gasteiger partial charge in [-0.2, -0.15) is 0 Å². The fourth-order valence-corrected chi connectivity index (χ4v) is 4.36. The van der Waals surface area contributed by atoms with Gasteiger partial charge < -0.3 is 14.8 Å². The third-order valence-electron chi connectivity index (χ3n) is 5.90. The zero-order valence-electron chi connectivity index (χ0n) is 17.8. The molecule has 160 valence electrons. The van der Waals surface area contributed by atoms with Gasteiger partial charge in [0.25, 0.3) is 0 Å². The first kappa shape index (κ1) is 19.2. The number of imidazole rings is 1. The molecule has 6 aromatic rings. The van der Waals surface area contributed by atoms with Gasteiger partial charge in [0.2, 0.25) is 0 Å². The number of nitrogens with one attached hydrogen (secondary N) is 1. The molecule has 33 heavy (non-hydrogen) atoms. The van der Waals surface area contributed by atoms with Crippen molar-refractivity contribution in [2.24, 2.45) is 0 Å². The minimum atomic E-state index is 0.230. The van der Waals surface area contributed by atoms with Gasteiger partial charge in [0, 0.05) is 17.7 Å². The molecule has 6 rings (SSSR count). The molecule has 0 radical (unpaired) electrons. The second-order valence-electron chi connectivity index (χ2n) is 7.95. The number of aromatic hydroxyl groups is 1. The Morgan fingerprint density at radius 1 is 0.848 bits per heavy atom. The van der Waals surface area contributed by atoms with E-state index in [0.717, 1.165) is 50.3 Å². The van der Waals surface area contributed by atoms with E-state index < -0.39 is 0 Å². The van der Waals surface area contributed by atoms with Crippen LogP contribution in [0.3, 0.4) is 0 Å². The van der Waals surface area contributed by atoms with E-state index in [1.807, 2.05) is 66.7 Å². The van der Waals surface area contributed by atoms with Crippen LogP contribution in [0.1, 0.15) is 5.56 Å². The van der Waals surface area contributed by atoms with Crippen molar-refractivity contribution >= 4 is 22.2 Å². The first-order valence-electron chi connectivity index (χ1n) is 10.8. The Balaban J connectivity index is 1.61. The molecule has 0 saturated heterocycles. The van der Waals surface area contributed by atoms with Crippen molar-refractivity contribution in [3.8, 4) is 28.3 Å². The summed E-state index contributed by atoms with van der Waals surface area (Å²) in [6.45, 7) is 0.634. The number of aromatic nitrogens is 2. The summed E-state index contributed by atoms with van der Waals surface area (Å²) in [5, 5.41) is 16.6. The fourth-order valence-electron chi connectivity index (χ4n) is 4.36. The maximum atomic E-state index is 10.9. The summed E-state index contributed by atoms with van der Waals surface area (Å²) in [4.78, 5) is 4.92. The molecule has 2 N–H and O–H groups in total. The van der Waals surface area contributed by atoms with Crippen molar-refractivity contribution < 1.29 is 9.52 Å². The Hall–Kier alpha value is -4.51. The van der Waals surface area contributed by atoms with Crippen LogP contribution in [-0.4, -0.2) is 14.5 Å². The van der Waals surface area contributed by atoms with Crippen molar-refractivity contribution in [3.05, 3.63) is 109 Å². The molecule has 0 fully saturated rings. The quantitative estimate of drug-likeness (QED) is 0.318. The number of pyridine rings is 1. The van der Waals surface area contributed by atoms with Gasteiger partial charge in [-0.05, 0) is 40.6 Å². The molecule has 3 heterocycles. The number of hydrogen-bond acceptors (Lipinski definition) is 4. The molecule has 0 unspecified atom stereocenters. The zero-order valence-corrected chi connectivity index (χ0v) is 17.8. The molecule has 5 heteroatoms. The minimum Gasteiger partial charge on any atom is -0.507 e. The highest BCUT2D eigenvalue weighted by atomic mass is 16.3. The molecule has 3 aromatic carbocycles. The number of rotatable bonds is 5. The number of phenols is 1. The van der Waals surface area contributed by atoms with Crippen LogP contribution >= 0.6 is 0 Å². The molecule has 0 atom stereocenters. The van der Waals surface area contributed by atoms with Gasteiger partial charge in [-0.15, -0.1) is 0 Å². The Kier molecular flexibility index (Phi) is 4.58. The zero-order chi connectivity index (χ0) is 22.2. The number of phenolic OH excluding ortho intramolecular Hbond substituents is 1. The summed E-state index contributed by atoms with van der Waals surface area (Å²) in [5.74, 6) is 1.08. The van der Waals surface area contributed by atoms with Crippen LogP contribution in [0.5, 0.6) is 5.75 Å².